The van der Waals surface area contributed by atoms with Gasteiger partial charge in [0.1, 0.15) is 5.75 Å². The van der Waals surface area contributed by atoms with Crippen LogP contribution >= 0.6 is 0 Å². The first kappa shape index (κ1) is 16.3. The predicted octanol–water partition coefficient (Wildman–Crippen LogP) is 5.24. The molecule has 0 saturated carbocycles. The van der Waals surface area contributed by atoms with Gasteiger partial charge >= 0.3 is 0 Å². The van der Waals surface area contributed by atoms with Crippen LogP contribution in [0.2, 0.25) is 0 Å². The molecule has 0 aromatic heterocycles. The van der Waals surface area contributed by atoms with Crippen molar-refractivity contribution in [3.05, 3.63) is 42.5 Å². The molecule has 0 bridgehead atoms. The second-order valence-electron chi connectivity index (χ2n) is 5.04. The van der Waals surface area contributed by atoms with Crippen molar-refractivity contribution in [2.24, 2.45) is 0 Å². The fraction of sp³-hybridized carbons (Fsp3) is 0.500. The van der Waals surface area contributed by atoms with E-state index in [9.17, 15) is 0 Å². The summed E-state index contributed by atoms with van der Waals surface area (Å²) in [7, 11) is 0. The third-order valence-corrected chi connectivity index (χ3v) is 3.30. The Kier molecular flexibility index (Phi) is 9.06. The molecule has 108 valence electrons. The highest BCUT2D eigenvalue weighted by Gasteiger charge is 1.95. The van der Waals surface area contributed by atoms with E-state index in [1.807, 2.05) is 18.2 Å². The van der Waals surface area contributed by atoms with E-state index in [1.165, 1.54) is 38.5 Å². The van der Waals surface area contributed by atoms with E-state index < -0.39 is 0 Å². The van der Waals surface area contributed by atoms with Gasteiger partial charge in [-0.1, -0.05) is 38.2 Å². The van der Waals surface area contributed by atoms with Gasteiger partial charge in [0, 0.05) is 0 Å². The van der Waals surface area contributed by atoms with Crippen molar-refractivity contribution in [1.29, 1.82) is 5.26 Å². The average molecular weight is 271 g/mol. The Morgan fingerprint density at radius 2 is 1.55 bits per heavy atom. The number of rotatable bonds is 11. The Hall–Kier alpha value is -1.75. The molecule has 0 atom stereocenters. The molecule has 0 fully saturated rings. The van der Waals surface area contributed by atoms with Gasteiger partial charge in [-0.15, -0.1) is 6.58 Å². The number of benzene rings is 1. The molecule has 0 radical (unpaired) electrons. The monoisotopic (exact) mass is 271 g/mol. The number of ether oxygens (including phenoxy) is 1. The van der Waals surface area contributed by atoms with Crippen molar-refractivity contribution in [1.82, 2.24) is 0 Å². The summed E-state index contributed by atoms with van der Waals surface area (Å²) in [5.74, 6) is 0.855. The molecule has 0 heterocycles. The van der Waals surface area contributed by atoms with Crippen LogP contribution in [-0.2, 0) is 0 Å². The second-order valence-corrected chi connectivity index (χ2v) is 5.04. The van der Waals surface area contributed by atoms with Crippen molar-refractivity contribution in [2.45, 2.75) is 51.4 Å². The Morgan fingerprint density at radius 3 is 2.15 bits per heavy atom. The highest BCUT2D eigenvalue weighted by molar-refractivity contribution is 5.34. The summed E-state index contributed by atoms with van der Waals surface area (Å²) >= 11 is 0. The highest BCUT2D eigenvalue weighted by atomic mass is 16.5. The van der Waals surface area contributed by atoms with Gasteiger partial charge in [-0.05, 0) is 43.5 Å². The van der Waals surface area contributed by atoms with E-state index in [0.717, 1.165) is 25.2 Å². The minimum Gasteiger partial charge on any atom is -0.494 e. The van der Waals surface area contributed by atoms with Crippen LogP contribution in [0.3, 0.4) is 0 Å². The van der Waals surface area contributed by atoms with Crippen LogP contribution in [0, 0.1) is 11.3 Å². The lowest BCUT2D eigenvalue weighted by Crippen LogP contribution is -1.97. The number of hydrogen-bond acceptors (Lipinski definition) is 2. The normalized spacial score (nSPS) is 9.95. The summed E-state index contributed by atoms with van der Waals surface area (Å²) in [6.07, 6.45) is 12.1. The molecule has 1 rings (SSSR count). The van der Waals surface area contributed by atoms with Crippen molar-refractivity contribution in [3.63, 3.8) is 0 Å². The molecular weight excluding hydrogens is 246 g/mol. The van der Waals surface area contributed by atoms with Gasteiger partial charge in [-0.25, -0.2) is 0 Å². The largest absolute Gasteiger partial charge is 0.494 e. The van der Waals surface area contributed by atoms with E-state index in [2.05, 4.69) is 12.6 Å². The van der Waals surface area contributed by atoms with E-state index in [-0.39, 0.29) is 0 Å². The lowest BCUT2D eigenvalue weighted by molar-refractivity contribution is 0.304. The third kappa shape index (κ3) is 7.63. The zero-order valence-electron chi connectivity index (χ0n) is 12.3. The Labute approximate surface area is 123 Å². The summed E-state index contributed by atoms with van der Waals surface area (Å²) < 4.78 is 5.64. The first-order valence-electron chi connectivity index (χ1n) is 7.60. The first-order valence-corrected chi connectivity index (χ1v) is 7.60. The van der Waals surface area contributed by atoms with Crippen molar-refractivity contribution >= 4 is 0 Å². The molecule has 0 amide bonds. The highest BCUT2D eigenvalue weighted by Crippen LogP contribution is 2.13. The van der Waals surface area contributed by atoms with Crippen molar-refractivity contribution < 1.29 is 4.74 Å². The lowest BCUT2D eigenvalue weighted by Gasteiger charge is -2.06. The minimum atomic E-state index is 0.675. The van der Waals surface area contributed by atoms with E-state index in [1.54, 1.807) is 12.1 Å². The third-order valence-electron chi connectivity index (χ3n) is 3.30. The number of allylic oxidation sites excluding steroid dienone is 1. The van der Waals surface area contributed by atoms with Gasteiger partial charge in [0.2, 0.25) is 0 Å². The maximum Gasteiger partial charge on any atom is 0.119 e. The van der Waals surface area contributed by atoms with Gasteiger partial charge in [0.05, 0.1) is 18.2 Å². The zero-order valence-corrected chi connectivity index (χ0v) is 12.3. The number of nitriles is 1. The molecular formula is C18H25NO. The van der Waals surface area contributed by atoms with Crippen LogP contribution in [0.4, 0.5) is 0 Å². The lowest BCUT2D eigenvalue weighted by atomic mass is 10.1. The molecule has 20 heavy (non-hydrogen) atoms. The predicted molar refractivity (Wildman–Crippen MR) is 83.8 cm³/mol. The van der Waals surface area contributed by atoms with Gasteiger partial charge in [0.15, 0.2) is 0 Å². The quantitative estimate of drug-likeness (QED) is 0.407. The number of unbranched alkanes of at least 4 members (excludes halogenated alkanes) is 7. The first-order chi connectivity index (χ1) is 9.86. The van der Waals surface area contributed by atoms with Crippen LogP contribution in [0.15, 0.2) is 36.9 Å². The van der Waals surface area contributed by atoms with Crippen LogP contribution in [0.1, 0.15) is 56.9 Å². The van der Waals surface area contributed by atoms with E-state index in [4.69, 9.17) is 10.00 Å². The summed E-state index contributed by atoms with van der Waals surface area (Å²) in [5, 5.41) is 8.70. The fourth-order valence-electron chi connectivity index (χ4n) is 2.09. The molecule has 0 unspecified atom stereocenters. The van der Waals surface area contributed by atoms with Crippen LogP contribution in [-0.4, -0.2) is 6.61 Å². The Morgan fingerprint density at radius 1 is 0.950 bits per heavy atom. The second kappa shape index (κ2) is 11.1. The van der Waals surface area contributed by atoms with Crippen LogP contribution in [0.25, 0.3) is 0 Å². The molecule has 0 aliphatic rings. The van der Waals surface area contributed by atoms with E-state index >= 15 is 0 Å². The van der Waals surface area contributed by atoms with Crippen molar-refractivity contribution in [2.75, 3.05) is 6.61 Å². The zero-order chi connectivity index (χ0) is 14.5. The SMILES string of the molecule is C=CCCCCCCCCCOc1ccc(C#N)cc1. The smallest absolute Gasteiger partial charge is 0.119 e. The van der Waals surface area contributed by atoms with Crippen molar-refractivity contribution in [3.8, 4) is 11.8 Å². The standard InChI is InChI=1S/C18H25NO/c1-2-3-4-5-6-7-8-9-10-15-20-18-13-11-17(16-19)12-14-18/h2,11-14H,1,3-10,15H2. The molecule has 0 N–H and O–H groups in total. The maximum absolute atomic E-state index is 8.70. The molecule has 1 aromatic rings. The maximum atomic E-state index is 8.70. The average Bonchev–Trinajstić information content (AvgIpc) is 2.50. The topological polar surface area (TPSA) is 33.0 Å². The summed E-state index contributed by atoms with van der Waals surface area (Å²) in [4.78, 5) is 0. The summed E-state index contributed by atoms with van der Waals surface area (Å²) in [5.41, 5.74) is 0.675. The van der Waals surface area contributed by atoms with Crippen LogP contribution < -0.4 is 4.74 Å². The minimum absolute atomic E-state index is 0.675. The molecule has 0 saturated heterocycles. The molecule has 0 aliphatic carbocycles. The van der Waals surface area contributed by atoms with E-state index in [0.29, 0.717) is 5.56 Å². The number of nitrogens with zero attached hydrogens (tertiary/aromatic N) is 1. The van der Waals surface area contributed by atoms with Gasteiger partial charge in [0.25, 0.3) is 0 Å². The number of hydrogen-bond donors (Lipinski definition) is 0. The summed E-state index contributed by atoms with van der Waals surface area (Å²) in [6.45, 7) is 4.50. The van der Waals surface area contributed by atoms with Crippen LogP contribution in [0.5, 0.6) is 5.75 Å². The van der Waals surface area contributed by atoms with Gasteiger partial charge in [-0.2, -0.15) is 5.26 Å². The Bertz CT molecular complexity index is 402. The summed E-state index contributed by atoms with van der Waals surface area (Å²) in [6, 6.07) is 9.40. The Balaban J connectivity index is 1.94. The molecule has 0 aliphatic heterocycles. The van der Waals surface area contributed by atoms with Gasteiger partial charge in [-0.3, -0.25) is 0 Å². The van der Waals surface area contributed by atoms with Gasteiger partial charge < -0.3 is 4.74 Å². The molecule has 1 aromatic carbocycles. The molecule has 2 nitrogen and oxygen atoms in total. The molecule has 0 spiro atoms. The molecule has 2 heteroatoms. The fourth-order valence-corrected chi connectivity index (χ4v) is 2.09.